The number of methoxy groups -OCH3 is 1. The molecule has 0 atom stereocenters. The van der Waals surface area contributed by atoms with E-state index in [4.69, 9.17) is 9.72 Å². The van der Waals surface area contributed by atoms with E-state index in [9.17, 15) is 4.79 Å². The molecule has 1 aromatic heterocycles. The molecule has 1 heterocycles. The maximum Gasteiger partial charge on any atom is 0.125 e. The van der Waals surface area contributed by atoms with E-state index in [0.29, 0.717) is 13.0 Å². The lowest BCUT2D eigenvalue weighted by Gasteiger charge is -2.12. The third kappa shape index (κ3) is 3.97. The number of hydrogen-bond donors (Lipinski definition) is 0. The third-order valence-electron chi connectivity index (χ3n) is 4.33. The Kier molecular flexibility index (Phi) is 5.29. The van der Waals surface area contributed by atoms with Crippen molar-refractivity contribution in [2.45, 2.75) is 26.3 Å². The maximum absolute atomic E-state index is 11.1. The summed E-state index contributed by atoms with van der Waals surface area (Å²) in [5, 5.41) is 0. The second-order valence-electron chi connectivity index (χ2n) is 6.03. The second-order valence-corrected chi connectivity index (χ2v) is 6.03. The minimum Gasteiger partial charge on any atom is -0.497 e. The molecule has 25 heavy (non-hydrogen) atoms. The highest BCUT2D eigenvalue weighted by Gasteiger charge is 2.15. The molecule has 0 aliphatic carbocycles. The van der Waals surface area contributed by atoms with Gasteiger partial charge in [-0.3, -0.25) is 0 Å². The molecule has 0 radical (unpaired) electrons. The fourth-order valence-electron chi connectivity index (χ4n) is 3.02. The maximum atomic E-state index is 11.1. The number of imidazole rings is 1. The van der Waals surface area contributed by atoms with Gasteiger partial charge in [0.2, 0.25) is 0 Å². The summed E-state index contributed by atoms with van der Waals surface area (Å²) in [6.07, 6.45) is 2.07. The van der Waals surface area contributed by atoms with Crippen LogP contribution >= 0.6 is 0 Å². The molecular weight excluding hydrogens is 312 g/mol. The quantitative estimate of drug-likeness (QED) is 0.620. The van der Waals surface area contributed by atoms with Crippen LogP contribution in [-0.4, -0.2) is 22.9 Å². The molecule has 0 spiro atoms. The number of carbonyl (C=O) groups is 1. The van der Waals surface area contributed by atoms with Crippen molar-refractivity contribution in [2.24, 2.45) is 0 Å². The van der Waals surface area contributed by atoms with Gasteiger partial charge in [-0.25, -0.2) is 4.98 Å². The Bertz CT molecular complexity index is 836. The molecule has 0 amide bonds. The normalized spacial score (nSPS) is 10.6. The lowest BCUT2D eigenvalue weighted by molar-refractivity contribution is -0.107. The van der Waals surface area contributed by atoms with Crippen molar-refractivity contribution in [3.63, 3.8) is 0 Å². The molecule has 0 saturated heterocycles. The molecule has 4 heteroatoms. The average molecular weight is 334 g/mol. The van der Waals surface area contributed by atoms with Crippen LogP contribution in [-0.2, 0) is 24.2 Å². The fourth-order valence-corrected chi connectivity index (χ4v) is 3.02. The van der Waals surface area contributed by atoms with Crippen molar-refractivity contribution >= 4 is 6.29 Å². The molecule has 0 aliphatic rings. The molecule has 0 aliphatic heterocycles. The second kappa shape index (κ2) is 7.79. The van der Waals surface area contributed by atoms with Gasteiger partial charge in [-0.05, 0) is 30.2 Å². The van der Waals surface area contributed by atoms with Gasteiger partial charge < -0.3 is 14.1 Å². The summed E-state index contributed by atoms with van der Waals surface area (Å²) in [6, 6.07) is 18.3. The van der Waals surface area contributed by atoms with Gasteiger partial charge in [0.05, 0.1) is 12.8 Å². The number of aldehydes is 1. The number of nitrogens with zero attached hydrogens (tertiary/aromatic N) is 2. The first-order valence-electron chi connectivity index (χ1n) is 8.36. The van der Waals surface area contributed by atoms with Crippen LogP contribution in [0.4, 0.5) is 0 Å². The van der Waals surface area contributed by atoms with Crippen molar-refractivity contribution in [1.29, 1.82) is 0 Å². The van der Waals surface area contributed by atoms with Gasteiger partial charge in [0.1, 0.15) is 17.9 Å². The van der Waals surface area contributed by atoms with Gasteiger partial charge in [0.25, 0.3) is 0 Å². The van der Waals surface area contributed by atoms with Crippen LogP contribution < -0.4 is 4.74 Å². The van der Waals surface area contributed by atoms with Crippen molar-refractivity contribution in [2.75, 3.05) is 7.11 Å². The van der Waals surface area contributed by atoms with Crippen molar-refractivity contribution in [3.05, 3.63) is 82.9 Å². The van der Waals surface area contributed by atoms with E-state index in [1.54, 1.807) is 7.11 Å². The number of ether oxygens (including phenoxy) is 1. The number of carbonyl (C=O) groups excluding carboxylic acids is 1. The standard InChI is InChI=1S/C21H22N2O2/c1-16-20(12-13-24)23(15-18-8-10-19(25-2)11-9-18)21(22-16)14-17-6-4-3-5-7-17/h3-11,13H,12,14-15H2,1-2H3. The highest BCUT2D eigenvalue weighted by molar-refractivity contribution is 5.54. The van der Waals surface area contributed by atoms with Gasteiger partial charge in [0.15, 0.2) is 0 Å². The van der Waals surface area contributed by atoms with Crippen LogP contribution in [0.2, 0.25) is 0 Å². The number of rotatable bonds is 7. The third-order valence-corrected chi connectivity index (χ3v) is 4.33. The van der Waals surface area contributed by atoms with Crippen LogP contribution in [0.25, 0.3) is 0 Å². The Morgan fingerprint density at radius 3 is 2.40 bits per heavy atom. The molecule has 0 bridgehead atoms. The SMILES string of the molecule is COc1ccc(Cn2c(Cc3ccccc3)nc(C)c2CC=O)cc1. The zero-order chi connectivity index (χ0) is 17.6. The lowest BCUT2D eigenvalue weighted by atomic mass is 10.1. The van der Waals surface area contributed by atoms with E-state index in [1.165, 1.54) is 5.56 Å². The molecule has 0 fully saturated rings. The van der Waals surface area contributed by atoms with Crippen LogP contribution in [0.15, 0.2) is 54.6 Å². The largest absolute Gasteiger partial charge is 0.497 e. The van der Waals surface area contributed by atoms with Crippen molar-refractivity contribution < 1.29 is 9.53 Å². The summed E-state index contributed by atoms with van der Waals surface area (Å²) in [5.74, 6) is 1.82. The molecule has 0 N–H and O–H groups in total. The first-order chi connectivity index (χ1) is 12.2. The monoisotopic (exact) mass is 334 g/mol. The van der Waals surface area contributed by atoms with Crippen molar-refractivity contribution in [3.8, 4) is 5.75 Å². The highest BCUT2D eigenvalue weighted by atomic mass is 16.5. The van der Waals surface area contributed by atoms with E-state index in [-0.39, 0.29) is 0 Å². The summed E-state index contributed by atoms with van der Waals surface area (Å²) < 4.78 is 7.39. The van der Waals surface area contributed by atoms with Crippen LogP contribution in [0.5, 0.6) is 5.75 Å². The molecule has 128 valence electrons. The molecule has 3 rings (SSSR count). The number of benzene rings is 2. The van der Waals surface area contributed by atoms with Gasteiger partial charge in [-0.2, -0.15) is 0 Å². The minimum atomic E-state index is 0.379. The fraction of sp³-hybridized carbons (Fsp3) is 0.238. The zero-order valence-electron chi connectivity index (χ0n) is 14.6. The summed E-state index contributed by atoms with van der Waals surface area (Å²) in [4.78, 5) is 15.9. The Hall–Kier alpha value is -2.88. The minimum absolute atomic E-state index is 0.379. The van der Waals surface area contributed by atoms with Crippen molar-refractivity contribution in [1.82, 2.24) is 9.55 Å². The predicted octanol–water partition coefficient (Wildman–Crippen LogP) is 3.58. The van der Waals surface area contributed by atoms with Gasteiger partial charge >= 0.3 is 0 Å². The predicted molar refractivity (Wildman–Crippen MR) is 98.1 cm³/mol. The van der Waals surface area contributed by atoms with Crippen LogP contribution in [0.1, 0.15) is 28.3 Å². The zero-order valence-corrected chi connectivity index (χ0v) is 14.6. The number of aromatic nitrogens is 2. The van der Waals surface area contributed by atoms with E-state index in [1.807, 2.05) is 49.4 Å². The summed E-state index contributed by atoms with van der Waals surface area (Å²) in [7, 11) is 1.66. The van der Waals surface area contributed by atoms with E-state index in [0.717, 1.165) is 41.2 Å². The van der Waals surface area contributed by atoms with Gasteiger partial charge in [-0.1, -0.05) is 42.5 Å². The average Bonchev–Trinajstić information content (AvgIpc) is 2.92. The molecule has 0 unspecified atom stereocenters. The topological polar surface area (TPSA) is 44.1 Å². The molecule has 2 aromatic carbocycles. The summed E-state index contributed by atoms with van der Waals surface area (Å²) in [5.41, 5.74) is 4.27. The first kappa shape index (κ1) is 17.0. The van der Waals surface area contributed by atoms with E-state index >= 15 is 0 Å². The van der Waals surface area contributed by atoms with E-state index in [2.05, 4.69) is 16.7 Å². The number of aryl methyl sites for hydroxylation is 1. The summed E-state index contributed by atoms with van der Waals surface area (Å²) >= 11 is 0. The molecule has 3 aromatic rings. The molecule has 4 nitrogen and oxygen atoms in total. The van der Waals surface area contributed by atoms with E-state index < -0.39 is 0 Å². The van der Waals surface area contributed by atoms with Crippen LogP contribution in [0.3, 0.4) is 0 Å². The van der Waals surface area contributed by atoms with Crippen LogP contribution in [0, 0.1) is 6.92 Å². The number of hydrogen-bond acceptors (Lipinski definition) is 3. The van der Waals surface area contributed by atoms with Gasteiger partial charge in [-0.15, -0.1) is 0 Å². The van der Waals surface area contributed by atoms with Gasteiger partial charge in [0, 0.05) is 25.1 Å². The Morgan fingerprint density at radius 1 is 1.04 bits per heavy atom. The molecule has 0 saturated carbocycles. The Balaban J connectivity index is 1.94. The lowest BCUT2D eigenvalue weighted by Crippen LogP contribution is -2.10. The molecular formula is C21H22N2O2. The Labute approximate surface area is 148 Å². The summed E-state index contributed by atoms with van der Waals surface area (Å²) in [6.45, 7) is 2.66. The first-order valence-corrected chi connectivity index (χ1v) is 8.36. The highest BCUT2D eigenvalue weighted by Crippen LogP contribution is 2.19. The Morgan fingerprint density at radius 2 is 1.76 bits per heavy atom. The smallest absolute Gasteiger partial charge is 0.125 e.